The van der Waals surface area contributed by atoms with Gasteiger partial charge in [-0.15, -0.1) is 6.42 Å². The van der Waals surface area contributed by atoms with Gasteiger partial charge in [-0.1, -0.05) is 19.8 Å². The highest BCUT2D eigenvalue weighted by molar-refractivity contribution is 7.89. The number of nitrogens with zero attached hydrogens (tertiary/aromatic N) is 2. The van der Waals surface area contributed by atoms with Crippen molar-refractivity contribution in [2.24, 2.45) is 7.05 Å². The minimum atomic E-state index is -3.50. The van der Waals surface area contributed by atoms with Crippen molar-refractivity contribution in [2.45, 2.75) is 31.3 Å². The largest absolute Gasteiger partial charge is 0.352 e. The molecule has 0 fully saturated rings. The van der Waals surface area contributed by atoms with Crippen LogP contribution in [0.2, 0.25) is 0 Å². The SMILES string of the molecule is C#CCN(C)S(=O)(=O)c1cc(CNC(C)C)n(C)c1. The van der Waals surface area contributed by atoms with Gasteiger partial charge in [-0.3, -0.25) is 0 Å². The number of terminal acetylenes is 1. The van der Waals surface area contributed by atoms with Gasteiger partial charge in [-0.25, -0.2) is 8.42 Å². The van der Waals surface area contributed by atoms with E-state index in [1.807, 2.05) is 25.5 Å². The molecule has 19 heavy (non-hydrogen) atoms. The van der Waals surface area contributed by atoms with Crippen LogP contribution in [-0.4, -0.2) is 36.9 Å². The molecule has 0 spiro atoms. The van der Waals surface area contributed by atoms with E-state index < -0.39 is 10.0 Å². The first-order valence-electron chi connectivity index (χ1n) is 6.07. The summed E-state index contributed by atoms with van der Waals surface area (Å²) in [6.07, 6.45) is 6.76. The molecule has 106 valence electrons. The third-order valence-corrected chi connectivity index (χ3v) is 4.57. The maximum Gasteiger partial charge on any atom is 0.245 e. The van der Waals surface area contributed by atoms with E-state index in [-0.39, 0.29) is 11.4 Å². The van der Waals surface area contributed by atoms with Gasteiger partial charge < -0.3 is 9.88 Å². The Bertz CT molecular complexity index is 567. The third-order valence-electron chi connectivity index (χ3n) is 2.80. The lowest BCUT2D eigenvalue weighted by molar-refractivity contribution is 0.503. The molecule has 0 aliphatic heterocycles. The summed E-state index contributed by atoms with van der Waals surface area (Å²) in [5.41, 5.74) is 0.918. The van der Waals surface area contributed by atoms with Crippen LogP contribution in [0.15, 0.2) is 17.2 Å². The van der Waals surface area contributed by atoms with E-state index in [9.17, 15) is 8.42 Å². The Kier molecular flexibility index (Phi) is 5.18. The fraction of sp³-hybridized carbons (Fsp3) is 0.538. The van der Waals surface area contributed by atoms with E-state index in [4.69, 9.17) is 6.42 Å². The molecule has 0 saturated carbocycles. The van der Waals surface area contributed by atoms with E-state index >= 15 is 0 Å². The number of hydrogen-bond donors (Lipinski definition) is 1. The number of rotatable bonds is 6. The third kappa shape index (κ3) is 3.83. The lowest BCUT2D eigenvalue weighted by Crippen LogP contribution is -2.27. The monoisotopic (exact) mass is 283 g/mol. The molecule has 0 amide bonds. The zero-order valence-corrected chi connectivity index (χ0v) is 12.7. The minimum Gasteiger partial charge on any atom is -0.352 e. The van der Waals surface area contributed by atoms with Crippen molar-refractivity contribution < 1.29 is 8.42 Å². The normalized spacial score (nSPS) is 12.1. The molecule has 0 unspecified atom stereocenters. The quantitative estimate of drug-likeness (QED) is 0.785. The maximum atomic E-state index is 12.2. The Morgan fingerprint density at radius 2 is 2.16 bits per heavy atom. The Morgan fingerprint density at radius 3 is 2.68 bits per heavy atom. The lowest BCUT2D eigenvalue weighted by Gasteiger charge is -2.12. The molecule has 0 aromatic carbocycles. The van der Waals surface area contributed by atoms with E-state index in [0.717, 1.165) is 5.69 Å². The maximum absolute atomic E-state index is 12.2. The Balaban J connectivity index is 2.97. The molecule has 0 bridgehead atoms. The van der Waals surface area contributed by atoms with E-state index in [1.54, 1.807) is 12.3 Å². The zero-order chi connectivity index (χ0) is 14.6. The molecular formula is C13H21N3O2S. The van der Waals surface area contributed by atoms with Crippen LogP contribution in [0.1, 0.15) is 19.5 Å². The summed E-state index contributed by atoms with van der Waals surface area (Å²) in [4.78, 5) is 0.272. The molecule has 1 N–H and O–H groups in total. The van der Waals surface area contributed by atoms with Crippen molar-refractivity contribution in [1.29, 1.82) is 0 Å². The summed E-state index contributed by atoms with van der Waals surface area (Å²) in [6, 6.07) is 2.02. The van der Waals surface area contributed by atoms with Gasteiger partial charge in [0.2, 0.25) is 10.0 Å². The fourth-order valence-corrected chi connectivity index (χ4v) is 2.78. The van der Waals surface area contributed by atoms with Gasteiger partial charge in [0.05, 0.1) is 6.54 Å². The van der Waals surface area contributed by atoms with E-state index in [0.29, 0.717) is 12.6 Å². The molecule has 1 rings (SSSR count). The molecule has 6 heteroatoms. The van der Waals surface area contributed by atoms with Gasteiger partial charge in [-0.2, -0.15) is 4.31 Å². The number of aromatic nitrogens is 1. The number of aryl methyl sites for hydroxylation is 1. The highest BCUT2D eigenvalue weighted by Gasteiger charge is 2.22. The summed E-state index contributed by atoms with van der Waals surface area (Å²) in [5, 5.41) is 3.26. The van der Waals surface area contributed by atoms with Crippen LogP contribution in [0, 0.1) is 12.3 Å². The second-order valence-corrected chi connectivity index (χ2v) is 6.82. The number of hydrogen-bond acceptors (Lipinski definition) is 3. The van der Waals surface area contributed by atoms with Crippen molar-refractivity contribution in [1.82, 2.24) is 14.2 Å². The van der Waals surface area contributed by atoms with Crippen LogP contribution in [0.3, 0.4) is 0 Å². The fourth-order valence-electron chi connectivity index (χ4n) is 1.60. The van der Waals surface area contributed by atoms with Crippen molar-refractivity contribution in [3.8, 4) is 12.3 Å². The van der Waals surface area contributed by atoms with Gasteiger partial charge in [0.25, 0.3) is 0 Å². The van der Waals surface area contributed by atoms with Crippen LogP contribution in [0.25, 0.3) is 0 Å². The summed E-state index contributed by atoms with van der Waals surface area (Å²) in [6.45, 7) is 4.78. The molecule has 0 aliphatic carbocycles. The average Bonchev–Trinajstić information content (AvgIpc) is 2.69. The standard InChI is InChI=1S/C13H21N3O2S/c1-6-7-16(5)19(17,18)13-8-12(15(4)10-13)9-14-11(2)3/h1,8,10-11,14H,7,9H2,2-5H3. The number of nitrogens with one attached hydrogen (secondary N) is 1. The summed E-state index contributed by atoms with van der Waals surface area (Å²) < 4.78 is 27.4. The van der Waals surface area contributed by atoms with Crippen LogP contribution in [0.5, 0.6) is 0 Å². The number of sulfonamides is 1. The molecule has 0 saturated heterocycles. The van der Waals surface area contributed by atoms with Crippen LogP contribution in [0.4, 0.5) is 0 Å². The van der Waals surface area contributed by atoms with Gasteiger partial charge in [0.1, 0.15) is 4.90 Å². The van der Waals surface area contributed by atoms with Gasteiger partial charge in [0, 0.05) is 38.6 Å². The minimum absolute atomic E-state index is 0.0663. The first-order valence-corrected chi connectivity index (χ1v) is 7.51. The van der Waals surface area contributed by atoms with Crippen LogP contribution >= 0.6 is 0 Å². The molecular weight excluding hydrogens is 262 g/mol. The predicted molar refractivity (Wildman–Crippen MR) is 76.0 cm³/mol. The van der Waals surface area contributed by atoms with Gasteiger partial charge >= 0.3 is 0 Å². The summed E-state index contributed by atoms with van der Waals surface area (Å²) >= 11 is 0. The smallest absolute Gasteiger partial charge is 0.245 e. The average molecular weight is 283 g/mol. The first kappa shape index (κ1) is 15.8. The van der Waals surface area contributed by atoms with Crippen LogP contribution in [-0.2, 0) is 23.6 Å². The van der Waals surface area contributed by atoms with E-state index in [1.165, 1.54) is 11.4 Å². The molecule has 1 aromatic rings. The second-order valence-electron chi connectivity index (χ2n) is 4.78. The molecule has 1 aromatic heterocycles. The predicted octanol–water partition coefficient (Wildman–Crippen LogP) is 0.777. The highest BCUT2D eigenvalue weighted by Crippen LogP contribution is 2.17. The Labute approximate surface area is 115 Å². The molecule has 1 heterocycles. The van der Waals surface area contributed by atoms with Gasteiger partial charge in [-0.05, 0) is 6.07 Å². The van der Waals surface area contributed by atoms with Gasteiger partial charge in [0.15, 0.2) is 0 Å². The Hall–Kier alpha value is -1.29. The van der Waals surface area contributed by atoms with Crippen molar-refractivity contribution in [3.05, 3.63) is 18.0 Å². The highest BCUT2D eigenvalue weighted by atomic mass is 32.2. The lowest BCUT2D eigenvalue weighted by atomic mass is 10.3. The van der Waals surface area contributed by atoms with Crippen molar-refractivity contribution in [2.75, 3.05) is 13.6 Å². The Morgan fingerprint density at radius 1 is 1.53 bits per heavy atom. The van der Waals surface area contributed by atoms with Crippen molar-refractivity contribution >= 4 is 10.0 Å². The van der Waals surface area contributed by atoms with E-state index in [2.05, 4.69) is 11.2 Å². The van der Waals surface area contributed by atoms with Crippen molar-refractivity contribution in [3.63, 3.8) is 0 Å². The summed E-state index contributed by atoms with van der Waals surface area (Å²) in [7, 11) is -0.188. The zero-order valence-electron chi connectivity index (χ0n) is 11.8. The molecule has 0 radical (unpaired) electrons. The molecule has 5 nitrogen and oxygen atoms in total. The first-order chi connectivity index (χ1) is 8.78. The summed E-state index contributed by atoms with van der Waals surface area (Å²) in [5.74, 6) is 2.33. The molecule has 0 aliphatic rings. The topological polar surface area (TPSA) is 54.3 Å². The van der Waals surface area contributed by atoms with Crippen LogP contribution < -0.4 is 5.32 Å². The second kappa shape index (κ2) is 6.24. The molecule has 0 atom stereocenters.